The molecule has 0 unspecified atom stereocenters. The lowest BCUT2D eigenvalue weighted by Gasteiger charge is -2.21. The zero-order valence-electron chi connectivity index (χ0n) is 12.6. The van der Waals surface area contributed by atoms with Gasteiger partial charge in [-0.2, -0.15) is 0 Å². The van der Waals surface area contributed by atoms with Crippen molar-refractivity contribution in [1.82, 2.24) is 10.2 Å². The molecule has 0 spiro atoms. The summed E-state index contributed by atoms with van der Waals surface area (Å²) in [6.07, 6.45) is 2.15. The van der Waals surface area contributed by atoms with Gasteiger partial charge >= 0.3 is 0 Å². The third kappa shape index (κ3) is 2.80. The SMILES string of the molecule is CC(C)N1C[C@@H](C(=O)NC2Cc3ccccc3C2)CC1=O. The fourth-order valence-corrected chi connectivity index (χ4v) is 3.39. The van der Waals surface area contributed by atoms with Crippen LogP contribution in [0.15, 0.2) is 24.3 Å². The van der Waals surface area contributed by atoms with Crippen molar-refractivity contribution in [3.8, 4) is 0 Å². The van der Waals surface area contributed by atoms with Crippen molar-refractivity contribution in [1.29, 1.82) is 0 Å². The molecule has 1 N–H and O–H groups in total. The van der Waals surface area contributed by atoms with Gasteiger partial charge in [0.2, 0.25) is 11.8 Å². The molecule has 0 aromatic heterocycles. The molecule has 21 heavy (non-hydrogen) atoms. The van der Waals surface area contributed by atoms with Crippen molar-refractivity contribution in [3.63, 3.8) is 0 Å². The van der Waals surface area contributed by atoms with E-state index < -0.39 is 0 Å². The van der Waals surface area contributed by atoms with Crippen molar-refractivity contribution in [2.75, 3.05) is 6.54 Å². The summed E-state index contributed by atoms with van der Waals surface area (Å²) < 4.78 is 0. The summed E-state index contributed by atoms with van der Waals surface area (Å²) in [7, 11) is 0. The Balaban J connectivity index is 1.58. The minimum atomic E-state index is -0.191. The Morgan fingerprint density at radius 2 is 1.81 bits per heavy atom. The predicted octanol–water partition coefficient (Wildman–Crippen LogP) is 1.53. The van der Waals surface area contributed by atoms with E-state index in [1.807, 2.05) is 26.0 Å². The molecule has 1 fully saturated rings. The van der Waals surface area contributed by atoms with Crippen molar-refractivity contribution in [2.45, 2.75) is 45.2 Å². The first-order valence-electron chi connectivity index (χ1n) is 7.71. The summed E-state index contributed by atoms with van der Waals surface area (Å²) in [4.78, 5) is 26.1. The van der Waals surface area contributed by atoms with Crippen LogP contribution in [-0.2, 0) is 22.4 Å². The van der Waals surface area contributed by atoms with E-state index >= 15 is 0 Å². The third-order valence-corrected chi connectivity index (χ3v) is 4.55. The highest BCUT2D eigenvalue weighted by atomic mass is 16.2. The quantitative estimate of drug-likeness (QED) is 0.916. The summed E-state index contributed by atoms with van der Waals surface area (Å²) in [5.74, 6) is -0.0622. The van der Waals surface area contributed by atoms with E-state index in [1.165, 1.54) is 11.1 Å². The highest BCUT2D eigenvalue weighted by Gasteiger charge is 2.36. The monoisotopic (exact) mass is 286 g/mol. The zero-order chi connectivity index (χ0) is 15.0. The van der Waals surface area contributed by atoms with E-state index in [1.54, 1.807) is 4.90 Å². The van der Waals surface area contributed by atoms with Crippen LogP contribution in [0, 0.1) is 5.92 Å². The molecule has 1 atom stereocenters. The molecule has 2 amide bonds. The molecule has 4 nitrogen and oxygen atoms in total. The molecule has 4 heteroatoms. The first-order valence-corrected chi connectivity index (χ1v) is 7.71. The smallest absolute Gasteiger partial charge is 0.225 e. The van der Waals surface area contributed by atoms with Crippen molar-refractivity contribution < 1.29 is 9.59 Å². The van der Waals surface area contributed by atoms with Crippen LogP contribution in [0.3, 0.4) is 0 Å². The molecule has 1 aromatic carbocycles. The summed E-state index contributed by atoms with van der Waals surface area (Å²) >= 11 is 0. The summed E-state index contributed by atoms with van der Waals surface area (Å²) in [6.45, 7) is 4.54. The maximum Gasteiger partial charge on any atom is 0.225 e. The van der Waals surface area contributed by atoms with Gasteiger partial charge in [-0.3, -0.25) is 9.59 Å². The Bertz CT molecular complexity index is 543. The molecular formula is C17H22N2O2. The minimum Gasteiger partial charge on any atom is -0.352 e. The van der Waals surface area contributed by atoms with Crippen molar-refractivity contribution in [2.24, 2.45) is 5.92 Å². The molecule has 0 bridgehead atoms. The van der Waals surface area contributed by atoms with E-state index in [2.05, 4.69) is 17.4 Å². The van der Waals surface area contributed by atoms with E-state index in [0.29, 0.717) is 13.0 Å². The number of hydrogen-bond acceptors (Lipinski definition) is 2. The molecule has 0 saturated carbocycles. The van der Waals surface area contributed by atoms with Crippen LogP contribution in [0.25, 0.3) is 0 Å². The van der Waals surface area contributed by atoms with Gasteiger partial charge < -0.3 is 10.2 Å². The fourth-order valence-electron chi connectivity index (χ4n) is 3.39. The van der Waals surface area contributed by atoms with Gasteiger partial charge in [0.1, 0.15) is 0 Å². The third-order valence-electron chi connectivity index (χ3n) is 4.55. The molecule has 1 heterocycles. The van der Waals surface area contributed by atoms with Crippen molar-refractivity contribution >= 4 is 11.8 Å². The van der Waals surface area contributed by atoms with E-state index in [4.69, 9.17) is 0 Å². The number of carbonyl (C=O) groups is 2. The largest absolute Gasteiger partial charge is 0.352 e. The number of hydrogen-bond donors (Lipinski definition) is 1. The molecule has 1 aliphatic heterocycles. The minimum absolute atomic E-state index is 0.0318. The van der Waals surface area contributed by atoms with Crippen LogP contribution in [0.1, 0.15) is 31.4 Å². The van der Waals surface area contributed by atoms with Crippen LogP contribution in [-0.4, -0.2) is 35.3 Å². The van der Waals surface area contributed by atoms with Crippen LogP contribution in [0.5, 0.6) is 0 Å². The summed E-state index contributed by atoms with van der Waals surface area (Å²) in [6, 6.07) is 8.68. The molecule has 112 valence electrons. The number of likely N-dealkylation sites (tertiary alicyclic amines) is 1. The Kier molecular flexibility index (Phi) is 3.70. The standard InChI is InChI=1S/C17H22N2O2/c1-11(2)19-10-14(9-16(19)20)17(21)18-15-7-12-5-3-4-6-13(12)8-15/h3-6,11,14-15H,7-10H2,1-2H3,(H,18,21)/t14-/m0/s1. The second-order valence-corrected chi connectivity index (χ2v) is 6.42. The van der Waals surface area contributed by atoms with E-state index in [9.17, 15) is 9.59 Å². The molecule has 3 rings (SSSR count). The molecule has 1 aliphatic carbocycles. The van der Waals surface area contributed by atoms with E-state index in [0.717, 1.165) is 12.8 Å². The average molecular weight is 286 g/mol. The highest BCUT2D eigenvalue weighted by molar-refractivity contribution is 5.89. The number of rotatable bonds is 3. The number of nitrogens with one attached hydrogen (secondary N) is 1. The van der Waals surface area contributed by atoms with Crippen LogP contribution < -0.4 is 5.32 Å². The Hall–Kier alpha value is -1.84. The van der Waals surface area contributed by atoms with Gasteiger partial charge in [0.15, 0.2) is 0 Å². The van der Waals surface area contributed by atoms with Crippen LogP contribution in [0.4, 0.5) is 0 Å². The van der Waals surface area contributed by atoms with Gasteiger partial charge in [0.05, 0.1) is 5.92 Å². The van der Waals surface area contributed by atoms with E-state index in [-0.39, 0.29) is 29.8 Å². The van der Waals surface area contributed by atoms with Crippen LogP contribution >= 0.6 is 0 Å². The maximum absolute atomic E-state index is 12.4. The van der Waals surface area contributed by atoms with Gasteiger partial charge in [-0.05, 0) is 37.8 Å². The summed E-state index contributed by atoms with van der Waals surface area (Å²) in [5, 5.41) is 3.13. The van der Waals surface area contributed by atoms with Gasteiger partial charge in [0.25, 0.3) is 0 Å². The first-order chi connectivity index (χ1) is 10.0. The lowest BCUT2D eigenvalue weighted by molar-refractivity contribution is -0.130. The molecule has 1 aromatic rings. The normalized spacial score (nSPS) is 22.0. The predicted molar refractivity (Wildman–Crippen MR) is 80.7 cm³/mol. The number of fused-ring (bicyclic) bond motifs is 1. The molecular weight excluding hydrogens is 264 g/mol. The lowest BCUT2D eigenvalue weighted by Crippen LogP contribution is -2.40. The summed E-state index contributed by atoms with van der Waals surface area (Å²) in [5.41, 5.74) is 2.66. The van der Waals surface area contributed by atoms with Crippen molar-refractivity contribution in [3.05, 3.63) is 35.4 Å². The topological polar surface area (TPSA) is 49.4 Å². The average Bonchev–Trinajstić information content (AvgIpc) is 3.01. The number of nitrogens with zero attached hydrogens (tertiary/aromatic N) is 1. The Labute approximate surface area is 125 Å². The fraction of sp³-hybridized carbons (Fsp3) is 0.529. The van der Waals surface area contributed by atoms with Gasteiger partial charge in [-0.25, -0.2) is 0 Å². The molecule has 1 saturated heterocycles. The second-order valence-electron chi connectivity index (χ2n) is 6.42. The van der Waals surface area contributed by atoms with Gasteiger partial charge in [0, 0.05) is 25.0 Å². The van der Waals surface area contributed by atoms with Gasteiger partial charge in [-0.1, -0.05) is 24.3 Å². The number of carbonyl (C=O) groups excluding carboxylic acids is 2. The molecule has 2 aliphatic rings. The zero-order valence-corrected chi connectivity index (χ0v) is 12.6. The van der Waals surface area contributed by atoms with Gasteiger partial charge in [-0.15, -0.1) is 0 Å². The lowest BCUT2D eigenvalue weighted by atomic mass is 10.1. The first kappa shape index (κ1) is 14.1. The molecule has 0 radical (unpaired) electrons. The Morgan fingerprint density at radius 3 is 2.33 bits per heavy atom. The number of benzene rings is 1. The highest BCUT2D eigenvalue weighted by Crippen LogP contribution is 2.24. The second kappa shape index (κ2) is 5.51. The van der Waals surface area contributed by atoms with Crippen LogP contribution in [0.2, 0.25) is 0 Å². The Morgan fingerprint density at radius 1 is 1.19 bits per heavy atom. The number of amides is 2. The maximum atomic E-state index is 12.4.